The number of nitrogens with zero attached hydrogens (tertiary/aromatic N) is 2. The minimum Gasteiger partial charge on any atom is -0.496 e. The number of nitrogens with two attached hydrogens (primary N) is 1. The Morgan fingerprint density at radius 2 is 1.68 bits per heavy atom. The second kappa shape index (κ2) is 6.01. The van der Waals surface area contributed by atoms with Crippen LogP contribution in [-0.4, -0.2) is 24.4 Å². The van der Waals surface area contributed by atoms with Gasteiger partial charge in [0.05, 0.1) is 20.4 Å². The SMILES string of the molecule is COc1cc(OC)cc(Oc2nnccc2CN)c1. The lowest BCUT2D eigenvalue weighted by molar-refractivity contribution is 0.383. The molecular formula is C13H15N3O3. The monoisotopic (exact) mass is 261 g/mol. The van der Waals surface area contributed by atoms with Crippen molar-refractivity contribution in [3.63, 3.8) is 0 Å². The van der Waals surface area contributed by atoms with Gasteiger partial charge in [0.1, 0.15) is 17.2 Å². The zero-order chi connectivity index (χ0) is 13.7. The summed E-state index contributed by atoms with van der Waals surface area (Å²) >= 11 is 0. The topological polar surface area (TPSA) is 79.5 Å². The molecule has 1 aromatic carbocycles. The molecule has 100 valence electrons. The van der Waals surface area contributed by atoms with Crippen molar-refractivity contribution in [3.05, 3.63) is 36.0 Å². The summed E-state index contributed by atoms with van der Waals surface area (Å²) < 4.78 is 16.0. The molecule has 2 aromatic rings. The summed E-state index contributed by atoms with van der Waals surface area (Å²) in [6, 6.07) is 6.99. The summed E-state index contributed by atoms with van der Waals surface area (Å²) in [5.74, 6) is 2.19. The van der Waals surface area contributed by atoms with Crippen molar-refractivity contribution in [3.8, 4) is 23.1 Å². The van der Waals surface area contributed by atoms with E-state index in [1.54, 1.807) is 44.7 Å². The summed E-state index contributed by atoms with van der Waals surface area (Å²) in [6.07, 6.45) is 1.57. The first-order valence-electron chi connectivity index (χ1n) is 5.68. The maximum atomic E-state index is 5.67. The van der Waals surface area contributed by atoms with Crippen molar-refractivity contribution in [2.75, 3.05) is 14.2 Å². The van der Waals surface area contributed by atoms with E-state index in [1.165, 1.54) is 0 Å². The quantitative estimate of drug-likeness (QED) is 0.883. The summed E-state index contributed by atoms with van der Waals surface area (Å²) in [6.45, 7) is 0.325. The number of ether oxygens (including phenoxy) is 3. The van der Waals surface area contributed by atoms with Gasteiger partial charge in [0.2, 0.25) is 5.88 Å². The highest BCUT2D eigenvalue weighted by Gasteiger charge is 2.08. The molecule has 0 radical (unpaired) electrons. The fraction of sp³-hybridized carbons (Fsp3) is 0.231. The van der Waals surface area contributed by atoms with Gasteiger partial charge < -0.3 is 19.9 Å². The molecule has 0 aliphatic heterocycles. The molecule has 6 nitrogen and oxygen atoms in total. The van der Waals surface area contributed by atoms with Crippen molar-refractivity contribution in [2.45, 2.75) is 6.54 Å². The Balaban J connectivity index is 2.32. The van der Waals surface area contributed by atoms with Gasteiger partial charge in [-0.3, -0.25) is 0 Å². The maximum absolute atomic E-state index is 5.67. The molecule has 0 aliphatic carbocycles. The molecule has 0 bridgehead atoms. The third-order valence-electron chi connectivity index (χ3n) is 2.53. The molecule has 0 saturated heterocycles. The largest absolute Gasteiger partial charge is 0.496 e. The van der Waals surface area contributed by atoms with Crippen LogP contribution in [0.1, 0.15) is 5.56 Å². The molecule has 0 saturated carbocycles. The van der Waals surface area contributed by atoms with Crippen LogP contribution in [0, 0.1) is 0 Å². The molecule has 0 spiro atoms. The van der Waals surface area contributed by atoms with E-state index < -0.39 is 0 Å². The lowest BCUT2D eigenvalue weighted by Gasteiger charge is -2.10. The molecule has 1 heterocycles. The first-order valence-corrected chi connectivity index (χ1v) is 5.68. The highest BCUT2D eigenvalue weighted by molar-refractivity contribution is 5.43. The molecule has 0 amide bonds. The zero-order valence-electron chi connectivity index (χ0n) is 10.8. The van der Waals surface area contributed by atoms with Crippen molar-refractivity contribution < 1.29 is 14.2 Å². The number of benzene rings is 1. The van der Waals surface area contributed by atoms with Crippen LogP contribution in [0.2, 0.25) is 0 Å². The molecule has 1 aromatic heterocycles. The molecule has 6 heteroatoms. The lowest BCUT2D eigenvalue weighted by atomic mass is 10.3. The second-order valence-electron chi connectivity index (χ2n) is 3.72. The molecule has 2 rings (SSSR count). The Bertz CT molecular complexity index is 538. The summed E-state index contributed by atoms with van der Waals surface area (Å²) in [5, 5.41) is 7.70. The van der Waals surface area contributed by atoms with Crippen molar-refractivity contribution in [1.29, 1.82) is 0 Å². The molecule has 19 heavy (non-hydrogen) atoms. The minimum absolute atomic E-state index is 0.325. The van der Waals surface area contributed by atoms with Crippen molar-refractivity contribution >= 4 is 0 Å². The third-order valence-corrected chi connectivity index (χ3v) is 2.53. The fourth-order valence-corrected chi connectivity index (χ4v) is 1.54. The lowest BCUT2D eigenvalue weighted by Crippen LogP contribution is -2.02. The molecule has 0 fully saturated rings. The van der Waals surface area contributed by atoms with Gasteiger partial charge in [-0.05, 0) is 6.07 Å². The maximum Gasteiger partial charge on any atom is 0.243 e. The summed E-state index contributed by atoms with van der Waals surface area (Å²) in [4.78, 5) is 0. The summed E-state index contributed by atoms with van der Waals surface area (Å²) in [7, 11) is 3.15. The van der Waals surface area contributed by atoms with Gasteiger partial charge in [-0.15, -0.1) is 5.10 Å². The number of rotatable bonds is 5. The van der Waals surface area contributed by atoms with E-state index in [0.717, 1.165) is 5.56 Å². The highest BCUT2D eigenvalue weighted by atomic mass is 16.5. The Kier molecular flexibility index (Phi) is 4.15. The Morgan fingerprint density at radius 3 is 2.26 bits per heavy atom. The van der Waals surface area contributed by atoms with Gasteiger partial charge in [0.15, 0.2) is 0 Å². The van der Waals surface area contributed by atoms with E-state index in [2.05, 4.69) is 10.2 Å². The first-order chi connectivity index (χ1) is 9.26. The first kappa shape index (κ1) is 13.1. The predicted molar refractivity (Wildman–Crippen MR) is 69.5 cm³/mol. The number of hydrogen-bond acceptors (Lipinski definition) is 6. The third kappa shape index (κ3) is 3.11. The Labute approximate surface area is 111 Å². The number of hydrogen-bond donors (Lipinski definition) is 1. The van der Waals surface area contributed by atoms with Crippen LogP contribution < -0.4 is 19.9 Å². The molecule has 0 aliphatic rings. The van der Waals surface area contributed by atoms with Crippen LogP contribution in [0.4, 0.5) is 0 Å². The van der Waals surface area contributed by atoms with Gasteiger partial charge in [0.25, 0.3) is 0 Å². The van der Waals surface area contributed by atoms with Crippen molar-refractivity contribution in [1.82, 2.24) is 10.2 Å². The van der Waals surface area contributed by atoms with Gasteiger partial charge >= 0.3 is 0 Å². The minimum atomic E-state index is 0.325. The van der Waals surface area contributed by atoms with Crippen LogP contribution in [0.15, 0.2) is 30.5 Å². The van der Waals surface area contributed by atoms with Gasteiger partial charge in [0, 0.05) is 30.3 Å². The van der Waals surface area contributed by atoms with Crippen LogP contribution in [0.25, 0.3) is 0 Å². The van der Waals surface area contributed by atoms with Crippen LogP contribution in [0.5, 0.6) is 23.1 Å². The average molecular weight is 261 g/mol. The second-order valence-corrected chi connectivity index (χ2v) is 3.72. The molecular weight excluding hydrogens is 246 g/mol. The Hall–Kier alpha value is -2.34. The van der Waals surface area contributed by atoms with E-state index in [4.69, 9.17) is 19.9 Å². The summed E-state index contributed by atoms with van der Waals surface area (Å²) in [5.41, 5.74) is 6.39. The van der Waals surface area contributed by atoms with E-state index in [9.17, 15) is 0 Å². The van der Waals surface area contributed by atoms with E-state index >= 15 is 0 Å². The van der Waals surface area contributed by atoms with E-state index in [1.807, 2.05) is 0 Å². The number of aromatic nitrogens is 2. The molecule has 0 atom stereocenters. The van der Waals surface area contributed by atoms with Gasteiger partial charge in [-0.1, -0.05) is 0 Å². The van der Waals surface area contributed by atoms with E-state index in [0.29, 0.717) is 29.7 Å². The fourth-order valence-electron chi connectivity index (χ4n) is 1.54. The molecule has 2 N–H and O–H groups in total. The van der Waals surface area contributed by atoms with Crippen LogP contribution in [-0.2, 0) is 6.54 Å². The number of methoxy groups -OCH3 is 2. The van der Waals surface area contributed by atoms with Crippen LogP contribution in [0.3, 0.4) is 0 Å². The zero-order valence-corrected chi connectivity index (χ0v) is 10.8. The average Bonchev–Trinajstić information content (AvgIpc) is 2.47. The van der Waals surface area contributed by atoms with E-state index in [-0.39, 0.29) is 0 Å². The highest BCUT2D eigenvalue weighted by Crippen LogP contribution is 2.30. The smallest absolute Gasteiger partial charge is 0.243 e. The van der Waals surface area contributed by atoms with Gasteiger partial charge in [-0.2, -0.15) is 5.10 Å². The Morgan fingerprint density at radius 1 is 1.05 bits per heavy atom. The standard InChI is InChI=1S/C13H15N3O3/c1-17-10-5-11(18-2)7-12(6-10)19-13-9(8-14)3-4-15-16-13/h3-7H,8,14H2,1-2H3. The normalized spacial score (nSPS) is 10.1. The van der Waals surface area contributed by atoms with Crippen LogP contribution >= 0.6 is 0 Å². The van der Waals surface area contributed by atoms with Crippen molar-refractivity contribution in [2.24, 2.45) is 5.73 Å². The van der Waals surface area contributed by atoms with Gasteiger partial charge in [-0.25, -0.2) is 0 Å². The molecule has 0 unspecified atom stereocenters. The predicted octanol–water partition coefficient (Wildman–Crippen LogP) is 1.74.